The van der Waals surface area contributed by atoms with Crippen molar-refractivity contribution in [1.29, 1.82) is 0 Å². The second-order valence-corrected chi connectivity index (χ2v) is 5.81. The molecule has 1 amide bonds. The molecule has 3 rings (SSSR count). The lowest BCUT2D eigenvalue weighted by Crippen LogP contribution is -2.44. The number of carbonyl (C=O) groups excluding carboxylic acids is 1. The van der Waals surface area contributed by atoms with Gasteiger partial charge in [-0.1, -0.05) is 6.42 Å². The van der Waals surface area contributed by atoms with Gasteiger partial charge in [-0.2, -0.15) is 0 Å². The third kappa shape index (κ3) is 3.44. The maximum atomic E-state index is 12.4. The normalized spacial score (nSPS) is 19.6. The van der Waals surface area contributed by atoms with Crippen LogP contribution in [-0.4, -0.2) is 54.0 Å². The van der Waals surface area contributed by atoms with Crippen LogP contribution < -0.4 is 0 Å². The number of carbonyl (C=O) groups is 1. The van der Waals surface area contributed by atoms with Crippen molar-refractivity contribution in [2.45, 2.75) is 38.8 Å². The summed E-state index contributed by atoms with van der Waals surface area (Å²) in [4.78, 5) is 21.0. The number of amides is 1. The highest BCUT2D eigenvalue weighted by molar-refractivity contribution is 5.78. The third-order valence-corrected chi connectivity index (χ3v) is 4.20. The lowest BCUT2D eigenvalue weighted by atomic mass is 10.1. The van der Waals surface area contributed by atoms with Gasteiger partial charge in [0, 0.05) is 20.1 Å². The van der Waals surface area contributed by atoms with Crippen molar-refractivity contribution in [3.8, 4) is 0 Å². The lowest BCUT2D eigenvalue weighted by Gasteiger charge is -2.30. The summed E-state index contributed by atoms with van der Waals surface area (Å²) in [6, 6.07) is 0. The molecule has 0 spiro atoms. The minimum Gasteiger partial charge on any atom is -0.443 e. The number of fused-ring (bicyclic) bond motifs is 1. The second kappa shape index (κ2) is 6.58. The number of piperidine rings is 1. The minimum absolute atomic E-state index is 0.207. The number of oxazole rings is 1. The van der Waals surface area contributed by atoms with E-state index in [2.05, 4.69) is 9.88 Å². The molecule has 2 aliphatic rings. The number of methoxy groups -OCH3 is 1. The van der Waals surface area contributed by atoms with Crippen LogP contribution >= 0.6 is 0 Å². The van der Waals surface area contributed by atoms with Crippen LogP contribution in [-0.2, 0) is 29.1 Å². The van der Waals surface area contributed by atoms with Crippen molar-refractivity contribution in [3.63, 3.8) is 0 Å². The molecular formula is C15H23N3O3. The van der Waals surface area contributed by atoms with Crippen molar-refractivity contribution in [1.82, 2.24) is 14.8 Å². The number of ether oxygens (including phenoxy) is 1. The molecule has 3 heterocycles. The van der Waals surface area contributed by atoms with Crippen molar-refractivity contribution in [2.75, 3.05) is 33.3 Å². The van der Waals surface area contributed by atoms with Crippen LogP contribution in [0.3, 0.4) is 0 Å². The third-order valence-electron chi connectivity index (χ3n) is 4.20. The average Bonchev–Trinajstić information content (AvgIpc) is 2.90. The Bertz CT molecular complexity index is 494. The molecule has 0 atom stereocenters. The summed E-state index contributed by atoms with van der Waals surface area (Å²) in [6.45, 7) is 4.31. The standard InChI is InChI=1S/C15H23N3O3/c1-20-11-14-16-12-9-18(8-5-13(12)21-14)15(19)10-17-6-3-2-4-7-17/h2-11H2,1H3. The number of aromatic nitrogens is 1. The summed E-state index contributed by atoms with van der Waals surface area (Å²) in [6.07, 6.45) is 4.46. The van der Waals surface area contributed by atoms with E-state index in [-0.39, 0.29) is 5.91 Å². The van der Waals surface area contributed by atoms with Crippen LogP contribution in [0.15, 0.2) is 4.42 Å². The zero-order valence-electron chi connectivity index (χ0n) is 12.6. The summed E-state index contributed by atoms with van der Waals surface area (Å²) in [5.74, 6) is 1.72. The molecule has 6 heteroatoms. The van der Waals surface area contributed by atoms with Gasteiger partial charge in [-0.25, -0.2) is 4.98 Å². The highest BCUT2D eigenvalue weighted by atomic mass is 16.5. The van der Waals surface area contributed by atoms with Gasteiger partial charge in [-0.3, -0.25) is 9.69 Å². The number of likely N-dealkylation sites (tertiary alicyclic amines) is 1. The first-order valence-corrected chi connectivity index (χ1v) is 7.73. The molecule has 0 bridgehead atoms. The first kappa shape index (κ1) is 14.5. The summed E-state index contributed by atoms with van der Waals surface area (Å²) in [5.41, 5.74) is 0.889. The van der Waals surface area contributed by atoms with Crippen LogP contribution in [0, 0.1) is 0 Å². The Kier molecular flexibility index (Phi) is 4.55. The molecule has 0 aliphatic carbocycles. The Labute approximate surface area is 125 Å². The molecule has 1 fully saturated rings. The predicted molar refractivity (Wildman–Crippen MR) is 76.6 cm³/mol. The van der Waals surface area contributed by atoms with Crippen molar-refractivity contribution >= 4 is 5.91 Å². The van der Waals surface area contributed by atoms with Gasteiger partial charge in [0.2, 0.25) is 11.8 Å². The zero-order chi connectivity index (χ0) is 14.7. The van der Waals surface area contributed by atoms with E-state index in [1.54, 1.807) is 7.11 Å². The Hall–Kier alpha value is -1.40. The fourth-order valence-corrected chi connectivity index (χ4v) is 3.06. The lowest BCUT2D eigenvalue weighted by molar-refractivity contribution is -0.133. The quantitative estimate of drug-likeness (QED) is 0.834. The van der Waals surface area contributed by atoms with Crippen LogP contribution in [0.25, 0.3) is 0 Å². The van der Waals surface area contributed by atoms with E-state index in [1.807, 2.05) is 4.90 Å². The van der Waals surface area contributed by atoms with Gasteiger partial charge < -0.3 is 14.1 Å². The molecule has 0 N–H and O–H groups in total. The number of hydrogen-bond donors (Lipinski definition) is 0. The molecule has 0 saturated carbocycles. The minimum atomic E-state index is 0.207. The fourth-order valence-electron chi connectivity index (χ4n) is 3.06. The monoisotopic (exact) mass is 293 g/mol. The Morgan fingerprint density at radius 3 is 2.86 bits per heavy atom. The average molecular weight is 293 g/mol. The van der Waals surface area contributed by atoms with Gasteiger partial charge in [0.15, 0.2) is 0 Å². The molecule has 2 aliphatic heterocycles. The van der Waals surface area contributed by atoms with Gasteiger partial charge in [0.1, 0.15) is 18.1 Å². The molecule has 0 unspecified atom stereocenters. The Morgan fingerprint density at radius 1 is 1.29 bits per heavy atom. The van der Waals surface area contributed by atoms with Crippen LogP contribution in [0.2, 0.25) is 0 Å². The van der Waals surface area contributed by atoms with E-state index in [9.17, 15) is 4.79 Å². The summed E-state index contributed by atoms with van der Waals surface area (Å²) >= 11 is 0. The maximum Gasteiger partial charge on any atom is 0.237 e. The first-order valence-electron chi connectivity index (χ1n) is 7.73. The van der Waals surface area contributed by atoms with Gasteiger partial charge in [-0.15, -0.1) is 0 Å². The van der Waals surface area contributed by atoms with Crippen molar-refractivity contribution in [3.05, 3.63) is 17.3 Å². The van der Waals surface area contributed by atoms with Crippen molar-refractivity contribution in [2.24, 2.45) is 0 Å². The molecular weight excluding hydrogens is 270 g/mol. The van der Waals surface area contributed by atoms with Crippen LogP contribution in [0.1, 0.15) is 36.6 Å². The summed E-state index contributed by atoms with van der Waals surface area (Å²) in [7, 11) is 1.62. The molecule has 1 aromatic heterocycles. The zero-order valence-corrected chi connectivity index (χ0v) is 12.6. The van der Waals surface area contributed by atoms with E-state index in [4.69, 9.17) is 9.15 Å². The summed E-state index contributed by atoms with van der Waals surface area (Å²) in [5, 5.41) is 0. The highest BCUT2D eigenvalue weighted by Gasteiger charge is 2.26. The number of hydrogen-bond acceptors (Lipinski definition) is 5. The molecule has 0 radical (unpaired) electrons. The van der Waals surface area contributed by atoms with Crippen LogP contribution in [0.4, 0.5) is 0 Å². The van der Waals surface area contributed by atoms with E-state index in [1.165, 1.54) is 19.3 Å². The SMILES string of the molecule is COCc1nc2c(o1)CCN(C(=O)CN1CCCCC1)C2. The Morgan fingerprint density at radius 2 is 2.10 bits per heavy atom. The van der Waals surface area contributed by atoms with Gasteiger partial charge in [-0.05, 0) is 25.9 Å². The molecule has 1 aromatic rings. The summed E-state index contributed by atoms with van der Waals surface area (Å²) < 4.78 is 10.7. The molecule has 0 aromatic carbocycles. The molecule has 116 valence electrons. The largest absolute Gasteiger partial charge is 0.443 e. The maximum absolute atomic E-state index is 12.4. The molecule has 21 heavy (non-hydrogen) atoms. The number of nitrogens with zero attached hydrogens (tertiary/aromatic N) is 3. The second-order valence-electron chi connectivity index (χ2n) is 5.81. The van der Waals surface area contributed by atoms with E-state index in [0.717, 1.165) is 37.5 Å². The highest BCUT2D eigenvalue weighted by Crippen LogP contribution is 2.20. The Balaban J connectivity index is 1.58. The predicted octanol–water partition coefficient (Wildman–Crippen LogP) is 1.19. The van der Waals surface area contributed by atoms with Crippen molar-refractivity contribution < 1.29 is 13.9 Å². The first-order chi connectivity index (χ1) is 10.3. The van der Waals surface area contributed by atoms with Gasteiger partial charge in [0.25, 0.3) is 0 Å². The van der Waals surface area contributed by atoms with Crippen LogP contribution in [0.5, 0.6) is 0 Å². The van der Waals surface area contributed by atoms with E-state index < -0.39 is 0 Å². The van der Waals surface area contributed by atoms with Gasteiger partial charge >= 0.3 is 0 Å². The smallest absolute Gasteiger partial charge is 0.237 e. The number of rotatable bonds is 4. The molecule has 6 nitrogen and oxygen atoms in total. The van der Waals surface area contributed by atoms with E-state index >= 15 is 0 Å². The van der Waals surface area contributed by atoms with E-state index in [0.29, 0.717) is 25.6 Å². The topological polar surface area (TPSA) is 58.8 Å². The van der Waals surface area contributed by atoms with Gasteiger partial charge in [0.05, 0.1) is 13.1 Å². The molecule has 1 saturated heterocycles. The fraction of sp³-hybridized carbons (Fsp3) is 0.733.